The lowest BCUT2D eigenvalue weighted by Gasteiger charge is -2.30. The first-order valence-corrected chi connectivity index (χ1v) is 7.33. The topological polar surface area (TPSA) is 44.4 Å². The second kappa shape index (κ2) is 7.00. The summed E-state index contributed by atoms with van der Waals surface area (Å²) in [6.07, 6.45) is -3.68. The SMILES string of the molecule is CCc1cc(C(=O)NCC(F)(F)F)cc(N2CCNCC2)c1. The quantitative estimate of drug-likeness (QED) is 0.893. The Morgan fingerprint density at radius 1 is 1.27 bits per heavy atom. The van der Waals surface area contributed by atoms with E-state index < -0.39 is 18.6 Å². The van der Waals surface area contributed by atoms with Gasteiger partial charge in [0.25, 0.3) is 5.91 Å². The van der Waals surface area contributed by atoms with Crippen molar-refractivity contribution in [3.05, 3.63) is 29.3 Å². The molecule has 1 heterocycles. The van der Waals surface area contributed by atoms with Gasteiger partial charge in [-0.15, -0.1) is 0 Å². The molecule has 0 aliphatic carbocycles. The number of hydrogen-bond acceptors (Lipinski definition) is 3. The molecule has 7 heteroatoms. The van der Waals surface area contributed by atoms with Gasteiger partial charge in [-0.25, -0.2) is 0 Å². The van der Waals surface area contributed by atoms with Gasteiger partial charge < -0.3 is 15.5 Å². The van der Waals surface area contributed by atoms with Crippen LogP contribution in [0, 0.1) is 0 Å². The second-order valence-electron chi connectivity index (χ2n) is 5.28. The van der Waals surface area contributed by atoms with Crippen LogP contribution in [0.5, 0.6) is 0 Å². The largest absolute Gasteiger partial charge is 0.405 e. The number of aryl methyl sites for hydroxylation is 1. The first-order valence-electron chi connectivity index (χ1n) is 7.33. The van der Waals surface area contributed by atoms with Crippen LogP contribution >= 0.6 is 0 Å². The van der Waals surface area contributed by atoms with E-state index in [4.69, 9.17) is 0 Å². The van der Waals surface area contributed by atoms with E-state index in [-0.39, 0.29) is 5.56 Å². The third-order valence-electron chi connectivity index (χ3n) is 3.58. The van der Waals surface area contributed by atoms with Crippen LogP contribution in [0.1, 0.15) is 22.8 Å². The molecule has 0 spiro atoms. The Balaban J connectivity index is 2.17. The van der Waals surface area contributed by atoms with Gasteiger partial charge in [0.2, 0.25) is 0 Å². The molecule has 1 amide bonds. The summed E-state index contributed by atoms with van der Waals surface area (Å²) >= 11 is 0. The molecular weight excluding hydrogens is 295 g/mol. The number of carbonyl (C=O) groups is 1. The normalized spacial score (nSPS) is 15.7. The average Bonchev–Trinajstić information content (AvgIpc) is 2.52. The molecule has 0 aromatic heterocycles. The second-order valence-corrected chi connectivity index (χ2v) is 5.28. The lowest BCUT2D eigenvalue weighted by atomic mass is 10.1. The van der Waals surface area contributed by atoms with Gasteiger partial charge in [0.15, 0.2) is 0 Å². The van der Waals surface area contributed by atoms with Crippen molar-refractivity contribution in [2.24, 2.45) is 0 Å². The number of hydrogen-bond donors (Lipinski definition) is 2. The van der Waals surface area contributed by atoms with Gasteiger partial charge in [-0.1, -0.05) is 6.92 Å². The molecule has 1 aromatic carbocycles. The highest BCUT2D eigenvalue weighted by atomic mass is 19.4. The number of amides is 1. The number of halogens is 3. The fourth-order valence-corrected chi connectivity index (χ4v) is 2.40. The Labute approximate surface area is 127 Å². The molecule has 1 aliphatic rings. The van der Waals surface area contributed by atoms with E-state index in [0.29, 0.717) is 0 Å². The monoisotopic (exact) mass is 315 g/mol. The fourth-order valence-electron chi connectivity index (χ4n) is 2.40. The van der Waals surface area contributed by atoms with Crippen LogP contribution in [0.4, 0.5) is 18.9 Å². The highest BCUT2D eigenvalue weighted by molar-refractivity contribution is 5.95. The molecular formula is C15H20F3N3O. The van der Waals surface area contributed by atoms with Crippen molar-refractivity contribution >= 4 is 11.6 Å². The summed E-state index contributed by atoms with van der Waals surface area (Å²) in [6.45, 7) is 3.98. The summed E-state index contributed by atoms with van der Waals surface area (Å²) in [5.74, 6) is -0.691. The number of benzene rings is 1. The molecule has 1 aromatic rings. The molecule has 0 unspecified atom stereocenters. The van der Waals surface area contributed by atoms with Gasteiger partial charge in [-0.05, 0) is 30.2 Å². The molecule has 1 saturated heterocycles. The Kier molecular flexibility index (Phi) is 5.28. The standard InChI is InChI=1S/C15H20F3N3O/c1-2-11-7-12(14(22)20-10-15(16,17)18)9-13(8-11)21-5-3-19-4-6-21/h7-9,19H,2-6,10H2,1H3,(H,20,22). The van der Waals surface area contributed by atoms with Crippen LogP contribution in [0.25, 0.3) is 0 Å². The van der Waals surface area contributed by atoms with Crippen molar-refractivity contribution in [1.29, 1.82) is 0 Å². The molecule has 2 rings (SSSR count). The fraction of sp³-hybridized carbons (Fsp3) is 0.533. The molecule has 0 saturated carbocycles. The van der Waals surface area contributed by atoms with E-state index in [0.717, 1.165) is 43.9 Å². The molecule has 1 aliphatic heterocycles. The summed E-state index contributed by atoms with van der Waals surface area (Å²) in [4.78, 5) is 14.1. The number of nitrogens with one attached hydrogen (secondary N) is 2. The lowest BCUT2D eigenvalue weighted by molar-refractivity contribution is -0.123. The Bertz CT molecular complexity index is 525. The van der Waals surface area contributed by atoms with Gasteiger partial charge in [-0.2, -0.15) is 13.2 Å². The van der Waals surface area contributed by atoms with Crippen LogP contribution in [0.2, 0.25) is 0 Å². The maximum atomic E-state index is 12.2. The number of piperazine rings is 1. The molecule has 2 N–H and O–H groups in total. The predicted octanol–water partition coefficient (Wildman–Crippen LogP) is 1.95. The smallest absolute Gasteiger partial charge is 0.369 e. The van der Waals surface area contributed by atoms with Crippen LogP contribution in [0.15, 0.2) is 18.2 Å². The maximum absolute atomic E-state index is 12.2. The predicted molar refractivity (Wildman–Crippen MR) is 79.3 cm³/mol. The summed E-state index contributed by atoms with van der Waals surface area (Å²) in [5.41, 5.74) is 2.10. The number of rotatable bonds is 4. The minimum absolute atomic E-state index is 0.275. The molecule has 4 nitrogen and oxygen atoms in total. The van der Waals surface area contributed by atoms with Crippen LogP contribution in [-0.2, 0) is 6.42 Å². The van der Waals surface area contributed by atoms with Crippen LogP contribution in [-0.4, -0.2) is 44.8 Å². The highest BCUT2D eigenvalue weighted by Gasteiger charge is 2.28. The molecule has 22 heavy (non-hydrogen) atoms. The molecule has 1 fully saturated rings. The summed E-state index contributed by atoms with van der Waals surface area (Å²) < 4.78 is 36.7. The van der Waals surface area contributed by atoms with Gasteiger partial charge in [-0.3, -0.25) is 4.79 Å². The lowest BCUT2D eigenvalue weighted by Crippen LogP contribution is -2.43. The molecule has 0 atom stereocenters. The van der Waals surface area contributed by atoms with Crippen molar-refractivity contribution in [3.63, 3.8) is 0 Å². The van der Waals surface area contributed by atoms with Crippen molar-refractivity contribution < 1.29 is 18.0 Å². The van der Waals surface area contributed by atoms with Gasteiger partial charge >= 0.3 is 6.18 Å². The van der Waals surface area contributed by atoms with Crippen LogP contribution < -0.4 is 15.5 Å². The van der Waals surface area contributed by atoms with Crippen molar-refractivity contribution in [2.75, 3.05) is 37.6 Å². The third-order valence-corrected chi connectivity index (χ3v) is 3.58. The first kappa shape index (κ1) is 16.6. The third kappa shape index (κ3) is 4.62. The Hall–Kier alpha value is -1.76. The Morgan fingerprint density at radius 3 is 2.55 bits per heavy atom. The number of alkyl halides is 3. The minimum Gasteiger partial charge on any atom is -0.369 e. The summed E-state index contributed by atoms with van der Waals surface area (Å²) in [6, 6.07) is 5.31. The zero-order valence-electron chi connectivity index (χ0n) is 12.5. The van der Waals surface area contributed by atoms with E-state index in [1.807, 2.05) is 18.3 Å². The van der Waals surface area contributed by atoms with Gasteiger partial charge in [0, 0.05) is 37.4 Å². The maximum Gasteiger partial charge on any atom is 0.405 e. The summed E-state index contributed by atoms with van der Waals surface area (Å²) in [5, 5.41) is 5.17. The number of anilines is 1. The zero-order valence-corrected chi connectivity index (χ0v) is 12.5. The van der Waals surface area contributed by atoms with Gasteiger partial charge in [0.1, 0.15) is 6.54 Å². The Morgan fingerprint density at radius 2 is 1.95 bits per heavy atom. The minimum atomic E-state index is -4.40. The van der Waals surface area contributed by atoms with Crippen molar-refractivity contribution in [3.8, 4) is 0 Å². The van der Waals surface area contributed by atoms with Crippen molar-refractivity contribution in [2.45, 2.75) is 19.5 Å². The molecule has 0 bridgehead atoms. The van der Waals surface area contributed by atoms with Gasteiger partial charge in [0.05, 0.1) is 0 Å². The van der Waals surface area contributed by atoms with Crippen molar-refractivity contribution in [1.82, 2.24) is 10.6 Å². The molecule has 0 radical (unpaired) electrons. The van der Waals surface area contributed by atoms with E-state index >= 15 is 0 Å². The van der Waals surface area contributed by atoms with E-state index in [9.17, 15) is 18.0 Å². The summed E-state index contributed by atoms with van der Waals surface area (Å²) in [7, 11) is 0. The van der Waals surface area contributed by atoms with E-state index in [1.54, 1.807) is 12.1 Å². The van der Waals surface area contributed by atoms with Crippen LogP contribution in [0.3, 0.4) is 0 Å². The average molecular weight is 315 g/mol. The number of carbonyl (C=O) groups excluding carboxylic acids is 1. The van der Waals surface area contributed by atoms with E-state index in [2.05, 4.69) is 10.2 Å². The molecule has 122 valence electrons. The first-order chi connectivity index (χ1) is 10.4. The zero-order chi connectivity index (χ0) is 16.2. The highest BCUT2D eigenvalue weighted by Crippen LogP contribution is 2.21. The number of nitrogens with zero attached hydrogens (tertiary/aromatic N) is 1. The van der Waals surface area contributed by atoms with E-state index in [1.165, 1.54) is 0 Å².